The standard InChI is InChI=1S/C35H45N3O3/c1-37(2)35(20-10-5-11-21-35)26-36-34(40)29-16-17-33(32(39)24-29)41-30-18-22-38(23-19-30)25-31(27-12-6-3-7-13-27)28-14-8-4-9-15-28/h3-4,6-9,12-17,24,30-31,39H,5,10-11,18-23,25-26H2,1-2H3,(H,36,40). The van der Waals surface area contributed by atoms with E-state index in [9.17, 15) is 9.90 Å². The zero-order valence-corrected chi connectivity index (χ0v) is 24.6. The molecule has 1 saturated heterocycles. The number of hydrogen-bond acceptors (Lipinski definition) is 5. The molecule has 1 saturated carbocycles. The summed E-state index contributed by atoms with van der Waals surface area (Å²) in [5.41, 5.74) is 3.14. The van der Waals surface area contributed by atoms with E-state index < -0.39 is 0 Å². The van der Waals surface area contributed by atoms with Crippen molar-refractivity contribution in [3.63, 3.8) is 0 Å². The molecule has 0 radical (unpaired) electrons. The molecule has 41 heavy (non-hydrogen) atoms. The highest BCUT2D eigenvalue weighted by Gasteiger charge is 2.34. The summed E-state index contributed by atoms with van der Waals surface area (Å²) in [7, 11) is 4.20. The Labute approximate surface area is 245 Å². The number of phenolic OH excluding ortho intramolecular Hbond substituents is 1. The summed E-state index contributed by atoms with van der Waals surface area (Å²) >= 11 is 0. The van der Waals surface area contributed by atoms with Gasteiger partial charge in [-0.1, -0.05) is 79.9 Å². The lowest BCUT2D eigenvalue weighted by atomic mass is 9.80. The fourth-order valence-corrected chi connectivity index (χ4v) is 6.52. The number of carbonyl (C=O) groups is 1. The number of benzene rings is 3. The zero-order valence-electron chi connectivity index (χ0n) is 24.6. The summed E-state index contributed by atoms with van der Waals surface area (Å²) in [4.78, 5) is 17.7. The number of rotatable bonds is 10. The molecule has 3 aromatic rings. The number of aromatic hydroxyl groups is 1. The molecule has 1 heterocycles. The highest BCUT2D eigenvalue weighted by molar-refractivity contribution is 5.94. The van der Waals surface area contributed by atoms with E-state index in [0.29, 0.717) is 23.8 Å². The van der Waals surface area contributed by atoms with Gasteiger partial charge in [-0.2, -0.15) is 0 Å². The number of likely N-dealkylation sites (N-methyl/N-ethyl adjacent to an activating group) is 1. The number of carbonyl (C=O) groups excluding carboxylic acids is 1. The van der Waals surface area contributed by atoms with Crippen LogP contribution in [-0.2, 0) is 0 Å². The second-order valence-corrected chi connectivity index (χ2v) is 12.0. The van der Waals surface area contributed by atoms with Gasteiger partial charge in [-0.3, -0.25) is 4.79 Å². The second-order valence-electron chi connectivity index (χ2n) is 12.0. The lowest BCUT2D eigenvalue weighted by molar-refractivity contribution is 0.0799. The van der Waals surface area contributed by atoms with Crippen molar-refractivity contribution in [2.24, 2.45) is 0 Å². The summed E-state index contributed by atoms with van der Waals surface area (Å²) in [6, 6.07) is 26.5. The predicted molar refractivity (Wildman–Crippen MR) is 165 cm³/mol. The highest BCUT2D eigenvalue weighted by atomic mass is 16.5. The SMILES string of the molecule is CN(C)C1(CNC(=O)c2ccc(OC3CCN(CC(c4ccccc4)c4ccccc4)CC3)c(O)c2)CCCCC1. The molecule has 2 aliphatic rings. The molecule has 1 amide bonds. The van der Waals surface area contributed by atoms with Gasteiger partial charge in [0.25, 0.3) is 5.91 Å². The van der Waals surface area contributed by atoms with Crippen molar-refractivity contribution in [2.75, 3.05) is 40.3 Å². The van der Waals surface area contributed by atoms with E-state index in [-0.39, 0.29) is 23.3 Å². The van der Waals surface area contributed by atoms with E-state index in [2.05, 4.69) is 89.9 Å². The van der Waals surface area contributed by atoms with Crippen molar-refractivity contribution < 1.29 is 14.6 Å². The Balaban J connectivity index is 1.14. The molecule has 0 unspecified atom stereocenters. The molecule has 6 heteroatoms. The Bertz CT molecular complexity index is 1210. The van der Waals surface area contributed by atoms with Crippen molar-refractivity contribution in [1.82, 2.24) is 15.1 Å². The summed E-state index contributed by atoms with van der Waals surface area (Å²) in [6.07, 6.45) is 7.66. The van der Waals surface area contributed by atoms with Crippen LogP contribution in [0.2, 0.25) is 0 Å². The lowest BCUT2D eigenvalue weighted by Gasteiger charge is -2.43. The number of nitrogens with one attached hydrogen (secondary N) is 1. The number of ether oxygens (including phenoxy) is 1. The Hall–Kier alpha value is -3.35. The largest absolute Gasteiger partial charge is 0.504 e. The third-order valence-electron chi connectivity index (χ3n) is 9.20. The van der Waals surface area contributed by atoms with Gasteiger partial charge in [0.15, 0.2) is 11.5 Å². The molecule has 2 N–H and O–H groups in total. The molecule has 0 aromatic heterocycles. The van der Waals surface area contributed by atoms with Gasteiger partial charge in [0.1, 0.15) is 6.10 Å². The summed E-state index contributed by atoms with van der Waals surface area (Å²) < 4.78 is 6.23. The van der Waals surface area contributed by atoms with E-state index in [1.54, 1.807) is 12.1 Å². The van der Waals surface area contributed by atoms with Crippen LogP contribution in [0.25, 0.3) is 0 Å². The number of hydrogen-bond donors (Lipinski definition) is 2. The first-order chi connectivity index (χ1) is 19.9. The van der Waals surface area contributed by atoms with Crippen LogP contribution in [0.15, 0.2) is 78.9 Å². The van der Waals surface area contributed by atoms with Crippen molar-refractivity contribution in [3.8, 4) is 11.5 Å². The van der Waals surface area contributed by atoms with E-state index >= 15 is 0 Å². The normalized spacial score (nSPS) is 18.0. The first-order valence-corrected chi connectivity index (χ1v) is 15.2. The van der Waals surface area contributed by atoms with Crippen molar-refractivity contribution in [2.45, 2.75) is 62.5 Å². The van der Waals surface area contributed by atoms with E-state index in [0.717, 1.165) is 45.3 Å². The number of amides is 1. The Kier molecular flexibility index (Phi) is 9.63. The van der Waals surface area contributed by atoms with Gasteiger partial charge in [0, 0.05) is 43.2 Å². The van der Waals surface area contributed by atoms with Crippen molar-refractivity contribution in [3.05, 3.63) is 95.6 Å². The molecule has 0 spiro atoms. The van der Waals surface area contributed by atoms with Crippen molar-refractivity contribution >= 4 is 5.91 Å². The molecule has 0 atom stereocenters. The lowest BCUT2D eigenvalue weighted by Crippen LogP contribution is -2.53. The monoisotopic (exact) mass is 555 g/mol. The second kappa shape index (κ2) is 13.5. The van der Waals surface area contributed by atoms with Crippen LogP contribution in [0.4, 0.5) is 0 Å². The maximum absolute atomic E-state index is 12.9. The number of piperidine rings is 1. The van der Waals surface area contributed by atoms with Crippen LogP contribution in [0, 0.1) is 0 Å². The first-order valence-electron chi connectivity index (χ1n) is 15.2. The van der Waals surface area contributed by atoms with Crippen LogP contribution in [0.3, 0.4) is 0 Å². The molecule has 1 aliphatic heterocycles. The Morgan fingerprint density at radius 2 is 1.56 bits per heavy atom. The van der Waals surface area contributed by atoms with Crippen LogP contribution >= 0.6 is 0 Å². The Morgan fingerprint density at radius 3 is 2.12 bits per heavy atom. The third kappa shape index (κ3) is 7.30. The smallest absolute Gasteiger partial charge is 0.251 e. The molecule has 1 aliphatic carbocycles. The van der Waals surface area contributed by atoms with Crippen LogP contribution in [0.1, 0.15) is 72.3 Å². The Morgan fingerprint density at radius 1 is 0.951 bits per heavy atom. The van der Waals surface area contributed by atoms with Gasteiger partial charge in [-0.25, -0.2) is 0 Å². The average molecular weight is 556 g/mol. The fourth-order valence-electron chi connectivity index (χ4n) is 6.52. The molecule has 218 valence electrons. The molecular formula is C35H45N3O3. The quantitative estimate of drug-likeness (QED) is 0.318. The summed E-state index contributed by atoms with van der Waals surface area (Å²) in [5.74, 6) is 0.637. The predicted octanol–water partition coefficient (Wildman–Crippen LogP) is 6.06. The molecular weight excluding hydrogens is 510 g/mol. The van der Waals surface area contributed by atoms with Gasteiger partial charge < -0.3 is 25.0 Å². The fraction of sp³-hybridized carbons (Fsp3) is 0.457. The molecule has 3 aromatic carbocycles. The molecule has 2 fully saturated rings. The number of likely N-dealkylation sites (tertiary alicyclic amines) is 1. The summed E-state index contributed by atoms with van der Waals surface area (Å²) in [5, 5.41) is 13.9. The number of phenols is 1. The van der Waals surface area contributed by atoms with Crippen LogP contribution < -0.4 is 10.1 Å². The minimum Gasteiger partial charge on any atom is -0.504 e. The van der Waals surface area contributed by atoms with Gasteiger partial charge in [0.05, 0.1) is 0 Å². The maximum Gasteiger partial charge on any atom is 0.251 e. The van der Waals surface area contributed by atoms with E-state index in [1.807, 2.05) is 0 Å². The van der Waals surface area contributed by atoms with Gasteiger partial charge in [0.2, 0.25) is 0 Å². The highest BCUT2D eigenvalue weighted by Crippen LogP contribution is 2.33. The molecule has 6 nitrogen and oxygen atoms in total. The van der Waals surface area contributed by atoms with Gasteiger partial charge >= 0.3 is 0 Å². The first kappa shape index (κ1) is 29.2. The van der Waals surface area contributed by atoms with Gasteiger partial charge in [-0.15, -0.1) is 0 Å². The zero-order chi connectivity index (χ0) is 28.7. The molecule has 5 rings (SSSR count). The maximum atomic E-state index is 12.9. The topological polar surface area (TPSA) is 65.0 Å². The number of nitrogens with zero attached hydrogens (tertiary/aromatic N) is 2. The average Bonchev–Trinajstić information content (AvgIpc) is 3.01. The minimum atomic E-state index is -0.154. The van der Waals surface area contributed by atoms with Crippen LogP contribution in [0.5, 0.6) is 11.5 Å². The van der Waals surface area contributed by atoms with Gasteiger partial charge in [-0.05, 0) is 69.1 Å². The van der Waals surface area contributed by atoms with Crippen molar-refractivity contribution in [1.29, 1.82) is 0 Å². The van der Waals surface area contributed by atoms with Crippen LogP contribution in [-0.4, -0.2) is 72.7 Å². The van der Waals surface area contributed by atoms with E-state index in [1.165, 1.54) is 36.5 Å². The van der Waals surface area contributed by atoms with E-state index in [4.69, 9.17) is 4.74 Å². The third-order valence-corrected chi connectivity index (χ3v) is 9.20. The summed E-state index contributed by atoms with van der Waals surface area (Å²) in [6.45, 7) is 3.46. The minimum absolute atomic E-state index is 0.0100. The molecule has 0 bridgehead atoms.